The van der Waals surface area contributed by atoms with Gasteiger partial charge in [-0.2, -0.15) is 0 Å². The van der Waals surface area contributed by atoms with Gasteiger partial charge >= 0.3 is 5.97 Å². The highest BCUT2D eigenvalue weighted by atomic mass is 16.6. The minimum atomic E-state index is -0.155. The molecule has 3 aliphatic rings. The summed E-state index contributed by atoms with van der Waals surface area (Å²) in [5, 5.41) is 0. The van der Waals surface area contributed by atoms with Crippen molar-refractivity contribution in [3.05, 3.63) is 35.4 Å². The molecule has 0 amide bonds. The van der Waals surface area contributed by atoms with Gasteiger partial charge in [-0.3, -0.25) is 4.79 Å². The van der Waals surface area contributed by atoms with E-state index < -0.39 is 0 Å². The van der Waals surface area contributed by atoms with Crippen LogP contribution in [0.3, 0.4) is 0 Å². The van der Waals surface area contributed by atoms with Gasteiger partial charge in [-0.1, -0.05) is 17.7 Å². The molecule has 0 N–H and O–H groups in total. The Morgan fingerprint density at radius 2 is 2.00 bits per heavy atom. The number of hydrogen-bond donors (Lipinski definition) is 0. The molecular formula is C25H35NO5. The zero-order valence-corrected chi connectivity index (χ0v) is 19.3. The Morgan fingerprint density at radius 3 is 2.74 bits per heavy atom. The predicted octanol–water partition coefficient (Wildman–Crippen LogP) is 3.97. The third kappa shape index (κ3) is 4.60. The second kappa shape index (κ2) is 8.83. The van der Waals surface area contributed by atoms with E-state index in [2.05, 4.69) is 31.9 Å². The second-order valence-electron chi connectivity index (χ2n) is 9.54. The first-order chi connectivity index (χ1) is 14.8. The molecule has 1 aliphatic carbocycles. The number of rotatable bonds is 6. The van der Waals surface area contributed by atoms with Crippen LogP contribution in [0.5, 0.6) is 11.5 Å². The fourth-order valence-electron chi connectivity index (χ4n) is 5.24. The average molecular weight is 430 g/mol. The summed E-state index contributed by atoms with van der Waals surface area (Å²) in [6.07, 6.45) is 6.24. The number of nitrogens with zero attached hydrogens (tertiary/aromatic N) is 1. The highest BCUT2D eigenvalue weighted by Crippen LogP contribution is 2.50. The lowest BCUT2D eigenvalue weighted by Gasteiger charge is -2.25. The number of epoxide rings is 1. The zero-order chi connectivity index (χ0) is 22.2. The Morgan fingerprint density at radius 1 is 1.23 bits per heavy atom. The summed E-state index contributed by atoms with van der Waals surface area (Å²) in [4.78, 5) is 15.1. The number of carbonyl (C=O) groups is 1. The number of esters is 1. The zero-order valence-electron chi connectivity index (χ0n) is 19.3. The van der Waals surface area contributed by atoms with E-state index in [1.54, 1.807) is 14.2 Å². The molecule has 31 heavy (non-hydrogen) atoms. The molecule has 2 aliphatic heterocycles. The summed E-state index contributed by atoms with van der Waals surface area (Å²) in [7, 11) is 5.33. The highest BCUT2D eigenvalue weighted by Gasteiger charge is 2.62. The Hall–Kier alpha value is -2.05. The van der Waals surface area contributed by atoms with E-state index in [4.69, 9.17) is 18.9 Å². The Bertz CT molecular complexity index is 852. The molecule has 2 heterocycles. The number of carbonyl (C=O) groups excluding carboxylic acids is 1. The molecule has 170 valence electrons. The van der Waals surface area contributed by atoms with Crippen LogP contribution in [0.2, 0.25) is 0 Å². The van der Waals surface area contributed by atoms with Gasteiger partial charge < -0.3 is 23.8 Å². The topological polar surface area (TPSA) is 60.5 Å². The molecule has 0 unspecified atom stereocenters. The van der Waals surface area contributed by atoms with Crippen LogP contribution >= 0.6 is 0 Å². The fraction of sp³-hybridized carbons (Fsp3) is 0.640. The quantitative estimate of drug-likeness (QED) is 0.387. The molecule has 1 aromatic carbocycles. The van der Waals surface area contributed by atoms with E-state index in [9.17, 15) is 4.79 Å². The number of methoxy groups -OCH3 is 2. The van der Waals surface area contributed by atoms with Crippen LogP contribution in [0.25, 0.3) is 0 Å². The van der Waals surface area contributed by atoms with E-state index in [1.165, 1.54) is 5.57 Å². The van der Waals surface area contributed by atoms with Crippen LogP contribution in [-0.4, -0.2) is 56.5 Å². The van der Waals surface area contributed by atoms with Crippen molar-refractivity contribution in [2.45, 2.75) is 63.9 Å². The summed E-state index contributed by atoms with van der Waals surface area (Å²) in [6.45, 7) is 5.74. The van der Waals surface area contributed by atoms with Crippen LogP contribution in [0.4, 0.5) is 0 Å². The SMILES string of the molecule is COc1ccc(CN(C)C[C@@H]2C(=O)O[C@H]3[C@H]2CC/C(C)=C/CC[C@@]2(C)O[C@H]32)cc1OC. The van der Waals surface area contributed by atoms with Crippen molar-refractivity contribution in [3.63, 3.8) is 0 Å². The van der Waals surface area contributed by atoms with Gasteiger partial charge in [0.1, 0.15) is 12.2 Å². The van der Waals surface area contributed by atoms with Crippen LogP contribution in [0.1, 0.15) is 45.1 Å². The minimum Gasteiger partial charge on any atom is -0.493 e. The van der Waals surface area contributed by atoms with E-state index in [0.29, 0.717) is 18.0 Å². The molecule has 0 spiro atoms. The molecule has 1 aromatic rings. The van der Waals surface area contributed by atoms with Crippen molar-refractivity contribution >= 4 is 5.97 Å². The number of benzene rings is 1. The molecular weight excluding hydrogens is 394 g/mol. The average Bonchev–Trinajstić information content (AvgIpc) is 3.32. The number of hydrogen-bond acceptors (Lipinski definition) is 6. The van der Waals surface area contributed by atoms with Crippen LogP contribution in [0.15, 0.2) is 29.8 Å². The monoisotopic (exact) mass is 429 g/mol. The molecule has 0 radical (unpaired) electrons. The largest absolute Gasteiger partial charge is 0.493 e. The third-order valence-corrected chi connectivity index (χ3v) is 7.15. The van der Waals surface area contributed by atoms with E-state index in [1.807, 2.05) is 18.2 Å². The summed E-state index contributed by atoms with van der Waals surface area (Å²) in [5.41, 5.74) is 2.36. The lowest BCUT2D eigenvalue weighted by molar-refractivity contribution is -0.145. The van der Waals surface area contributed by atoms with Gasteiger partial charge in [0.15, 0.2) is 11.5 Å². The molecule has 0 bridgehead atoms. The summed E-state index contributed by atoms with van der Waals surface area (Å²) < 4.78 is 22.8. The Labute approximate surface area is 185 Å². The Balaban J connectivity index is 1.46. The number of allylic oxidation sites excluding steroid dienone is 2. The summed E-state index contributed by atoms with van der Waals surface area (Å²) >= 11 is 0. The first-order valence-electron chi connectivity index (χ1n) is 11.3. The summed E-state index contributed by atoms with van der Waals surface area (Å²) in [5.74, 6) is 1.42. The first kappa shape index (κ1) is 22.2. The van der Waals surface area contributed by atoms with Crippen LogP contribution in [0, 0.1) is 11.8 Å². The standard InChI is InChI=1S/C25H35NO5/c1-16-7-6-12-25(2)23(31-25)22-18(10-8-16)19(24(27)30-22)15-26(3)14-17-9-11-20(28-4)21(13-17)29-5/h7,9,11,13,18-19,22-23H,6,8,10,12,14-15H2,1-5H3/b16-7+/t18-,19-,22-,23+,25+/m0/s1. The molecule has 2 fully saturated rings. The van der Waals surface area contributed by atoms with E-state index >= 15 is 0 Å². The van der Waals surface area contributed by atoms with E-state index in [-0.39, 0.29) is 35.6 Å². The molecule has 0 aromatic heterocycles. The lowest BCUT2D eigenvalue weighted by atomic mass is 9.80. The normalized spacial score (nSPS) is 34.3. The van der Waals surface area contributed by atoms with Gasteiger partial charge in [0, 0.05) is 19.0 Å². The van der Waals surface area contributed by atoms with Gasteiger partial charge in [0.05, 0.1) is 25.7 Å². The molecule has 6 heteroatoms. The van der Waals surface area contributed by atoms with Crippen molar-refractivity contribution in [3.8, 4) is 11.5 Å². The Kier molecular flexibility index (Phi) is 6.31. The lowest BCUT2D eigenvalue weighted by Crippen LogP contribution is -2.35. The van der Waals surface area contributed by atoms with E-state index in [0.717, 1.165) is 37.8 Å². The van der Waals surface area contributed by atoms with Gasteiger partial charge in [0.2, 0.25) is 0 Å². The maximum Gasteiger partial charge on any atom is 0.311 e. The molecule has 4 rings (SSSR count). The second-order valence-corrected chi connectivity index (χ2v) is 9.54. The molecule has 2 saturated heterocycles. The smallest absolute Gasteiger partial charge is 0.311 e. The first-order valence-corrected chi connectivity index (χ1v) is 11.3. The number of fused-ring (bicyclic) bond motifs is 3. The number of ether oxygens (including phenoxy) is 4. The molecule has 0 saturated carbocycles. The van der Waals surface area contributed by atoms with Crippen molar-refractivity contribution in [2.24, 2.45) is 11.8 Å². The van der Waals surface area contributed by atoms with Crippen molar-refractivity contribution in [1.29, 1.82) is 0 Å². The van der Waals surface area contributed by atoms with Crippen molar-refractivity contribution in [2.75, 3.05) is 27.8 Å². The van der Waals surface area contributed by atoms with Crippen molar-refractivity contribution in [1.82, 2.24) is 4.90 Å². The maximum absolute atomic E-state index is 12.9. The third-order valence-electron chi connectivity index (χ3n) is 7.15. The van der Waals surface area contributed by atoms with Crippen LogP contribution < -0.4 is 9.47 Å². The van der Waals surface area contributed by atoms with Crippen LogP contribution in [-0.2, 0) is 20.8 Å². The fourth-order valence-corrected chi connectivity index (χ4v) is 5.24. The van der Waals surface area contributed by atoms with Crippen molar-refractivity contribution < 1.29 is 23.7 Å². The van der Waals surface area contributed by atoms with Gasteiger partial charge in [0.25, 0.3) is 0 Å². The summed E-state index contributed by atoms with van der Waals surface area (Å²) in [6, 6.07) is 5.95. The van der Waals surface area contributed by atoms with Gasteiger partial charge in [-0.25, -0.2) is 0 Å². The predicted molar refractivity (Wildman–Crippen MR) is 118 cm³/mol. The van der Waals surface area contributed by atoms with Gasteiger partial charge in [-0.05, 0) is 64.3 Å². The maximum atomic E-state index is 12.9. The van der Waals surface area contributed by atoms with Gasteiger partial charge in [-0.15, -0.1) is 0 Å². The molecule has 5 atom stereocenters. The molecule has 6 nitrogen and oxygen atoms in total. The minimum absolute atomic E-state index is 0.0365. The highest BCUT2D eigenvalue weighted by molar-refractivity contribution is 5.75.